The normalized spacial score (nSPS) is 20.5. The fourth-order valence-corrected chi connectivity index (χ4v) is 3.67. The Hall–Kier alpha value is -2.63. The zero-order chi connectivity index (χ0) is 17.0. The molecule has 6 nitrogen and oxygen atoms in total. The molecular formula is C19H20N4O2. The number of carbonyl (C=O) groups excluding carboxylic acids is 1. The highest BCUT2D eigenvalue weighted by Crippen LogP contribution is 2.40. The lowest BCUT2D eigenvalue weighted by atomic mass is 10.2. The number of carbonyl (C=O) groups is 1. The molecule has 2 aliphatic rings. The van der Waals surface area contributed by atoms with Crippen molar-refractivity contribution in [3.8, 4) is 0 Å². The van der Waals surface area contributed by atoms with Gasteiger partial charge in [-0.2, -0.15) is 4.98 Å². The number of benzene rings is 1. The molecule has 0 spiro atoms. The summed E-state index contributed by atoms with van der Waals surface area (Å²) in [5.74, 6) is 1.83. The maximum absolute atomic E-state index is 13.0. The van der Waals surface area contributed by atoms with Crippen LogP contribution in [0.15, 0.2) is 28.8 Å². The third-order valence-electron chi connectivity index (χ3n) is 5.20. The van der Waals surface area contributed by atoms with E-state index in [4.69, 9.17) is 4.52 Å². The van der Waals surface area contributed by atoms with Crippen LogP contribution in [0.5, 0.6) is 0 Å². The number of fused-ring (bicyclic) bond motifs is 1. The number of amides is 1. The molecule has 25 heavy (non-hydrogen) atoms. The Balaban J connectivity index is 1.44. The number of aromatic amines is 1. The molecule has 5 rings (SSSR count). The molecule has 2 fully saturated rings. The van der Waals surface area contributed by atoms with Crippen molar-refractivity contribution >= 4 is 16.8 Å². The lowest BCUT2D eigenvalue weighted by Crippen LogP contribution is -2.31. The van der Waals surface area contributed by atoms with E-state index >= 15 is 0 Å². The van der Waals surface area contributed by atoms with Crippen molar-refractivity contribution in [1.82, 2.24) is 20.0 Å². The van der Waals surface area contributed by atoms with Crippen LogP contribution in [0.1, 0.15) is 65.4 Å². The fourth-order valence-electron chi connectivity index (χ4n) is 3.67. The van der Waals surface area contributed by atoms with Gasteiger partial charge in [-0.05, 0) is 50.3 Å². The van der Waals surface area contributed by atoms with Crippen LogP contribution in [0.25, 0.3) is 10.9 Å². The molecule has 1 unspecified atom stereocenters. The molecule has 128 valence electrons. The van der Waals surface area contributed by atoms with Crippen LogP contribution >= 0.6 is 0 Å². The summed E-state index contributed by atoms with van der Waals surface area (Å²) in [5, 5.41) is 5.21. The van der Waals surface area contributed by atoms with Crippen LogP contribution in [0.4, 0.5) is 0 Å². The maximum atomic E-state index is 13.0. The molecule has 1 N–H and O–H groups in total. The molecule has 2 aromatic heterocycles. The van der Waals surface area contributed by atoms with E-state index in [9.17, 15) is 4.79 Å². The predicted octanol–water partition coefficient (Wildman–Crippen LogP) is 3.71. The molecule has 0 bridgehead atoms. The summed E-state index contributed by atoms with van der Waals surface area (Å²) in [6.07, 6.45) is 4.10. The highest BCUT2D eigenvalue weighted by Gasteiger charge is 2.36. The number of aromatic nitrogens is 3. The summed E-state index contributed by atoms with van der Waals surface area (Å²) < 4.78 is 5.39. The van der Waals surface area contributed by atoms with Gasteiger partial charge in [0.05, 0.1) is 6.04 Å². The zero-order valence-corrected chi connectivity index (χ0v) is 14.2. The molecular weight excluding hydrogens is 316 g/mol. The molecule has 1 aliphatic carbocycles. The van der Waals surface area contributed by atoms with Crippen molar-refractivity contribution in [2.75, 3.05) is 6.54 Å². The van der Waals surface area contributed by atoms with Gasteiger partial charge in [-0.15, -0.1) is 0 Å². The second-order valence-corrected chi connectivity index (χ2v) is 7.20. The monoisotopic (exact) mass is 336 g/mol. The van der Waals surface area contributed by atoms with Gasteiger partial charge in [-0.3, -0.25) is 4.79 Å². The van der Waals surface area contributed by atoms with Gasteiger partial charge in [0.25, 0.3) is 5.91 Å². The lowest BCUT2D eigenvalue weighted by Gasteiger charge is -2.21. The molecule has 6 heteroatoms. The van der Waals surface area contributed by atoms with E-state index in [0.29, 0.717) is 17.4 Å². The summed E-state index contributed by atoms with van der Waals surface area (Å²) in [4.78, 5) is 22.7. The van der Waals surface area contributed by atoms with Gasteiger partial charge in [0.15, 0.2) is 5.82 Å². The Bertz CT molecular complexity index is 953. The number of H-pyrrole nitrogens is 1. The van der Waals surface area contributed by atoms with Crippen LogP contribution in [-0.4, -0.2) is 32.5 Å². The van der Waals surface area contributed by atoms with Crippen molar-refractivity contribution in [3.05, 3.63) is 47.2 Å². The first-order chi connectivity index (χ1) is 12.2. The number of nitrogens with one attached hydrogen (secondary N) is 1. The first-order valence-electron chi connectivity index (χ1n) is 8.93. The van der Waals surface area contributed by atoms with Crippen molar-refractivity contribution in [1.29, 1.82) is 0 Å². The van der Waals surface area contributed by atoms with E-state index in [1.54, 1.807) is 0 Å². The third kappa shape index (κ3) is 2.52. The Kier molecular flexibility index (Phi) is 3.20. The van der Waals surface area contributed by atoms with Crippen molar-refractivity contribution in [2.24, 2.45) is 0 Å². The molecule has 3 aromatic rings. The summed E-state index contributed by atoms with van der Waals surface area (Å²) in [6, 6.07) is 8.01. The molecule has 1 saturated heterocycles. The van der Waals surface area contributed by atoms with E-state index in [0.717, 1.165) is 49.0 Å². The summed E-state index contributed by atoms with van der Waals surface area (Å²) in [7, 11) is 0. The molecule has 1 aliphatic heterocycles. The smallest absolute Gasteiger partial charge is 0.270 e. The van der Waals surface area contributed by atoms with E-state index in [1.807, 2.05) is 24.0 Å². The van der Waals surface area contributed by atoms with Crippen molar-refractivity contribution in [3.63, 3.8) is 0 Å². The van der Waals surface area contributed by atoms with Gasteiger partial charge in [-0.1, -0.05) is 17.3 Å². The SMILES string of the molecule is Cc1ccc2cc(C(=O)N3CCCC3c3noc(C4CC4)n3)[nH]c2c1. The molecule has 1 saturated carbocycles. The highest BCUT2D eigenvalue weighted by molar-refractivity contribution is 5.98. The van der Waals surface area contributed by atoms with Gasteiger partial charge in [0, 0.05) is 23.4 Å². The Labute approximate surface area is 145 Å². The van der Waals surface area contributed by atoms with E-state index in [2.05, 4.69) is 27.3 Å². The minimum absolute atomic E-state index is 0.00845. The quantitative estimate of drug-likeness (QED) is 0.791. The highest BCUT2D eigenvalue weighted by atomic mass is 16.5. The number of rotatable bonds is 3. The van der Waals surface area contributed by atoms with E-state index in [1.165, 1.54) is 5.56 Å². The van der Waals surface area contributed by atoms with Crippen LogP contribution in [-0.2, 0) is 0 Å². The predicted molar refractivity (Wildman–Crippen MR) is 92.3 cm³/mol. The van der Waals surface area contributed by atoms with E-state index in [-0.39, 0.29) is 11.9 Å². The van der Waals surface area contributed by atoms with Crippen LogP contribution in [0.3, 0.4) is 0 Å². The van der Waals surface area contributed by atoms with Gasteiger partial charge in [0.1, 0.15) is 5.69 Å². The second kappa shape index (κ2) is 5.44. The van der Waals surface area contributed by atoms with Crippen LogP contribution in [0.2, 0.25) is 0 Å². The lowest BCUT2D eigenvalue weighted by molar-refractivity contribution is 0.0723. The Morgan fingerprint density at radius 1 is 1.28 bits per heavy atom. The summed E-state index contributed by atoms with van der Waals surface area (Å²) in [5.41, 5.74) is 2.79. The Morgan fingerprint density at radius 2 is 2.16 bits per heavy atom. The third-order valence-corrected chi connectivity index (χ3v) is 5.20. The van der Waals surface area contributed by atoms with Crippen LogP contribution in [0, 0.1) is 6.92 Å². The average molecular weight is 336 g/mol. The number of nitrogens with zero attached hydrogens (tertiary/aromatic N) is 3. The van der Waals surface area contributed by atoms with Crippen LogP contribution < -0.4 is 0 Å². The number of likely N-dealkylation sites (tertiary alicyclic amines) is 1. The minimum Gasteiger partial charge on any atom is -0.351 e. The van der Waals surface area contributed by atoms with Crippen molar-refractivity contribution in [2.45, 2.75) is 44.6 Å². The number of hydrogen-bond acceptors (Lipinski definition) is 4. The van der Waals surface area contributed by atoms with Gasteiger partial charge in [0.2, 0.25) is 5.89 Å². The first-order valence-corrected chi connectivity index (χ1v) is 8.93. The fraction of sp³-hybridized carbons (Fsp3) is 0.421. The molecule has 1 amide bonds. The largest absolute Gasteiger partial charge is 0.351 e. The van der Waals surface area contributed by atoms with Gasteiger partial charge >= 0.3 is 0 Å². The standard InChI is InChI=1S/C19H20N4O2/c1-11-4-5-13-10-15(20-14(13)9-11)19(24)23-8-2-3-16(23)17-21-18(25-22-17)12-6-7-12/h4-5,9-10,12,16,20H,2-3,6-8H2,1H3. The van der Waals surface area contributed by atoms with Crippen molar-refractivity contribution < 1.29 is 9.32 Å². The average Bonchev–Trinajstić information content (AvgIpc) is 3.04. The molecule has 3 heterocycles. The summed E-state index contributed by atoms with van der Waals surface area (Å²) in [6.45, 7) is 2.77. The van der Waals surface area contributed by atoms with Gasteiger partial charge in [-0.25, -0.2) is 0 Å². The molecule has 1 aromatic carbocycles. The first kappa shape index (κ1) is 14.7. The minimum atomic E-state index is -0.0862. The number of hydrogen-bond donors (Lipinski definition) is 1. The Morgan fingerprint density at radius 3 is 3.00 bits per heavy atom. The zero-order valence-electron chi connectivity index (χ0n) is 14.2. The molecule has 0 radical (unpaired) electrons. The van der Waals surface area contributed by atoms with E-state index < -0.39 is 0 Å². The topological polar surface area (TPSA) is 75.0 Å². The summed E-state index contributed by atoms with van der Waals surface area (Å²) >= 11 is 0. The maximum Gasteiger partial charge on any atom is 0.270 e. The van der Waals surface area contributed by atoms with Gasteiger partial charge < -0.3 is 14.4 Å². The molecule has 1 atom stereocenters. The second-order valence-electron chi connectivity index (χ2n) is 7.20. The number of aryl methyl sites for hydroxylation is 1.